The maximum atomic E-state index is 3.53. The summed E-state index contributed by atoms with van der Waals surface area (Å²) in [4.78, 5) is 0. The van der Waals surface area contributed by atoms with Gasteiger partial charge in [0.2, 0.25) is 0 Å². The lowest BCUT2D eigenvalue weighted by atomic mass is 9.92. The van der Waals surface area contributed by atoms with E-state index in [2.05, 4.69) is 36.1 Å². The van der Waals surface area contributed by atoms with Crippen molar-refractivity contribution in [3.8, 4) is 0 Å². The Morgan fingerprint density at radius 3 is 2.94 bits per heavy atom. The SMILES string of the molecule is CCC1CCC(C(Cc2ccsc2)NC)C1. The van der Waals surface area contributed by atoms with Crippen LogP contribution < -0.4 is 5.32 Å². The first kappa shape index (κ1) is 12.1. The highest BCUT2D eigenvalue weighted by Gasteiger charge is 2.29. The standard InChI is InChI=1S/C14H23NS/c1-3-11-4-5-13(8-11)14(15-2)9-12-6-7-16-10-12/h6-7,10-11,13-15H,3-5,8-9H2,1-2H3. The van der Waals surface area contributed by atoms with Crippen molar-refractivity contribution in [3.63, 3.8) is 0 Å². The molecule has 3 atom stereocenters. The van der Waals surface area contributed by atoms with Crippen LogP contribution in [0, 0.1) is 11.8 Å². The van der Waals surface area contributed by atoms with Gasteiger partial charge in [-0.2, -0.15) is 11.3 Å². The maximum Gasteiger partial charge on any atom is 0.0133 e. The van der Waals surface area contributed by atoms with Gasteiger partial charge in [-0.25, -0.2) is 0 Å². The molecular weight excluding hydrogens is 214 g/mol. The fourth-order valence-electron chi connectivity index (χ4n) is 3.02. The highest BCUT2D eigenvalue weighted by Crippen LogP contribution is 2.35. The van der Waals surface area contributed by atoms with E-state index in [0.717, 1.165) is 11.8 Å². The first-order chi connectivity index (χ1) is 7.83. The molecule has 1 fully saturated rings. The Labute approximate surface area is 103 Å². The highest BCUT2D eigenvalue weighted by atomic mass is 32.1. The number of hydrogen-bond acceptors (Lipinski definition) is 2. The second-order valence-electron chi connectivity index (χ2n) is 5.08. The molecule has 1 aliphatic rings. The third kappa shape index (κ3) is 2.86. The van der Waals surface area contributed by atoms with E-state index in [-0.39, 0.29) is 0 Å². The van der Waals surface area contributed by atoms with Crippen LogP contribution in [0.3, 0.4) is 0 Å². The van der Waals surface area contributed by atoms with Crippen LogP contribution in [0.5, 0.6) is 0 Å². The van der Waals surface area contributed by atoms with Crippen LogP contribution in [-0.4, -0.2) is 13.1 Å². The van der Waals surface area contributed by atoms with E-state index in [9.17, 15) is 0 Å². The topological polar surface area (TPSA) is 12.0 Å². The molecule has 1 aromatic rings. The number of hydrogen-bond donors (Lipinski definition) is 1. The normalized spacial score (nSPS) is 27.1. The van der Waals surface area contributed by atoms with Gasteiger partial charge in [-0.1, -0.05) is 19.8 Å². The van der Waals surface area contributed by atoms with Crippen LogP contribution in [-0.2, 0) is 6.42 Å². The summed E-state index contributed by atoms with van der Waals surface area (Å²) >= 11 is 1.81. The Hall–Kier alpha value is -0.340. The van der Waals surface area contributed by atoms with Gasteiger partial charge in [-0.15, -0.1) is 0 Å². The van der Waals surface area contributed by atoms with Gasteiger partial charge in [0.25, 0.3) is 0 Å². The van der Waals surface area contributed by atoms with E-state index in [0.29, 0.717) is 6.04 Å². The van der Waals surface area contributed by atoms with Crippen LogP contribution in [0.15, 0.2) is 16.8 Å². The zero-order valence-electron chi connectivity index (χ0n) is 10.4. The summed E-state index contributed by atoms with van der Waals surface area (Å²) in [5.74, 6) is 1.89. The number of likely N-dealkylation sites (N-methyl/N-ethyl adjacent to an activating group) is 1. The number of rotatable bonds is 5. The van der Waals surface area contributed by atoms with Crippen molar-refractivity contribution in [3.05, 3.63) is 22.4 Å². The number of nitrogens with one attached hydrogen (secondary N) is 1. The molecule has 1 nitrogen and oxygen atoms in total. The molecular formula is C14H23NS. The summed E-state index contributed by atoms with van der Waals surface area (Å²) in [6, 6.07) is 2.95. The monoisotopic (exact) mass is 237 g/mol. The van der Waals surface area contributed by atoms with Crippen LogP contribution in [0.25, 0.3) is 0 Å². The van der Waals surface area contributed by atoms with Gasteiger partial charge in [0, 0.05) is 6.04 Å². The Morgan fingerprint density at radius 1 is 1.50 bits per heavy atom. The van der Waals surface area contributed by atoms with Crippen molar-refractivity contribution in [2.45, 2.75) is 45.1 Å². The lowest BCUT2D eigenvalue weighted by molar-refractivity contribution is 0.362. The zero-order chi connectivity index (χ0) is 11.4. The molecule has 1 aromatic heterocycles. The molecule has 0 amide bonds. The van der Waals surface area contributed by atoms with Crippen molar-refractivity contribution in [1.29, 1.82) is 0 Å². The fraction of sp³-hybridized carbons (Fsp3) is 0.714. The first-order valence-corrected chi connectivity index (χ1v) is 7.46. The minimum absolute atomic E-state index is 0.686. The summed E-state index contributed by atoms with van der Waals surface area (Å²) in [6.07, 6.45) is 6.88. The summed E-state index contributed by atoms with van der Waals surface area (Å²) in [7, 11) is 2.12. The van der Waals surface area contributed by atoms with Crippen molar-refractivity contribution < 1.29 is 0 Å². The Balaban J connectivity index is 1.90. The van der Waals surface area contributed by atoms with Gasteiger partial charge in [-0.05, 0) is 60.5 Å². The molecule has 2 heteroatoms. The molecule has 1 heterocycles. The summed E-state index contributed by atoms with van der Waals surface area (Å²) < 4.78 is 0. The van der Waals surface area contributed by atoms with Crippen LogP contribution in [0.2, 0.25) is 0 Å². The maximum absolute atomic E-state index is 3.53. The first-order valence-electron chi connectivity index (χ1n) is 6.51. The summed E-state index contributed by atoms with van der Waals surface area (Å²) in [5, 5.41) is 8.01. The summed E-state index contributed by atoms with van der Waals surface area (Å²) in [5.41, 5.74) is 1.50. The molecule has 0 aromatic carbocycles. The van der Waals surface area contributed by atoms with Crippen LogP contribution in [0.4, 0.5) is 0 Å². The molecule has 3 unspecified atom stereocenters. The smallest absolute Gasteiger partial charge is 0.0133 e. The zero-order valence-corrected chi connectivity index (χ0v) is 11.2. The Bertz CT molecular complexity index is 294. The van der Waals surface area contributed by atoms with Crippen molar-refractivity contribution >= 4 is 11.3 Å². The fourth-order valence-corrected chi connectivity index (χ4v) is 3.70. The molecule has 90 valence electrons. The van der Waals surface area contributed by atoms with Gasteiger partial charge >= 0.3 is 0 Å². The van der Waals surface area contributed by atoms with E-state index in [1.54, 1.807) is 0 Å². The lowest BCUT2D eigenvalue weighted by Gasteiger charge is -2.23. The predicted molar refractivity (Wildman–Crippen MR) is 72.0 cm³/mol. The second kappa shape index (κ2) is 5.83. The predicted octanol–water partition coefficient (Wildman–Crippen LogP) is 3.70. The van der Waals surface area contributed by atoms with Crippen LogP contribution in [0.1, 0.15) is 38.2 Å². The van der Waals surface area contributed by atoms with E-state index < -0.39 is 0 Å². The van der Waals surface area contributed by atoms with Crippen molar-refractivity contribution in [2.24, 2.45) is 11.8 Å². The van der Waals surface area contributed by atoms with E-state index in [1.165, 1.54) is 37.7 Å². The number of thiophene rings is 1. The van der Waals surface area contributed by atoms with Gasteiger partial charge in [0.1, 0.15) is 0 Å². The molecule has 1 N–H and O–H groups in total. The van der Waals surface area contributed by atoms with E-state index in [4.69, 9.17) is 0 Å². The second-order valence-corrected chi connectivity index (χ2v) is 5.86. The molecule has 16 heavy (non-hydrogen) atoms. The molecule has 0 radical (unpaired) electrons. The van der Waals surface area contributed by atoms with Gasteiger partial charge in [-0.3, -0.25) is 0 Å². The molecule has 2 rings (SSSR count). The van der Waals surface area contributed by atoms with E-state index >= 15 is 0 Å². The van der Waals surface area contributed by atoms with Crippen LogP contribution >= 0.6 is 11.3 Å². The average Bonchev–Trinajstić information content (AvgIpc) is 2.96. The largest absolute Gasteiger partial charge is 0.316 e. The lowest BCUT2D eigenvalue weighted by Crippen LogP contribution is -2.34. The van der Waals surface area contributed by atoms with E-state index in [1.807, 2.05) is 11.3 Å². The third-order valence-corrected chi connectivity index (χ3v) is 4.87. The summed E-state index contributed by atoms with van der Waals surface area (Å²) in [6.45, 7) is 2.33. The molecule has 1 saturated carbocycles. The van der Waals surface area contributed by atoms with Crippen molar-refractivity contribution in [1.82, 2.24) is 5.32 Å². The quantitative estimate of drug-likeness (QED) is 0.823. The third-order valence-electron chi connectivity index (χ3n) is 4.13. The average molecular weight is 237 g/mol. The minimum atomic E-state index is 0.686. The Kier molecular flexibility index (Phi) is 4.42. The Morgan fingerprint density at radius 2 is 2.38 bits per heavy atom. The van der Waals surface area contributed by atoms with Gasteiger partial charge in [0.15, 0.2) is 0 Å². The van der Waals surface area contributed by atoms with Gasteiger partial charge < -0.3 is 5.32 Å². The minimum Gasteiger partial charge on any atom is -0.316 e. The van der Waals surface area contributed by atoms with Gasteiger partial charge in [0.05, 0.1) is 0 Å². The molecule has 0 spiro atoms. The molecule has 0 saturated heterocycles. The molecule has 1 aliphatic carbocycles. The van der Waals surface area contributed by atoms with Crippen molar-refractivity contribution in [2.75, 3.05) is 7.05 Å². The highest BCUT2D eigenvalue weighted by molar-refractivity contribution is 7.07. The molecule has 0 aliphatic heterocycles. The molecule has 0 bridgehead atoms.